The summed E-state index contributed by atoms with van der Waals surface area (Å²) in [7, 11) is 0. The molecule has 1 aliphatic carbocycles. The molecule has 0 unspecified atom stereocenters. The Labute approximate surface area is 119 Å². The van der Waals surface area contributed by atoms with Gasteiger partial charge in [0.05, 0.1) is 5.60 Å². The summed E-state index contributed by atoms with van der Waals surface area (Å²) in [4.78, 5) is 12.2. The number of amides is 1. The fraction of sp³-hybridized carbons (Fsp3) is 0.562. The van der Waals surface area contributed by atoms with Crippen LogP contribution in [-0.4, -0.2) is 23.2 Å². The molecule has 0 saturated heterocycles. The lowest BCUT2D eigenvalue weighted by molar-refractivity contribution is 0.00525. The molecule has 1 aromatic carbocycles. The van der Waals surface area contributed by atoms with Crippen molar-refractivity contribution in [2.45, 2.75) is 50.8 Å². The molecule has 1 aliphatic heterocycles. The highest BCUT2D eigenvalue weighted by molar-refractivity contribution is 5.94. The van der Waals surface area contributed by atoms with Gasteiger partial charge in [-0.2, -0.15) is 0 Å². The lowest BCUT2D eigenvalue weighted by Crippen LogP contribution is -2.44. The molecule has 3 rings (SSSR count). The first-order valence-corrected chi connectivity index (χ1v) is 7.49. The SMILES string of the molecule is O=C(NCC1(O)CCCCC1)c1ccc2c(c1)CNC2. The van der Waals surface area contributed by atoms with Crippen molar-refractivity contribution < 1.29 is 9.90 Å². The van der Waals surface area contributed by atoms with Crippen molar-refractivity contribution in [3.8, 4) is 0 Å². The first-order valence-electron chi connectivity index (χ1n) is 7.49. The lowest BCUT2D eigenvalue weighted by atomic mass is 9.85. The number of benzene rings is 1. The Morgan fingerprint density at radius 3 is 2.75 bits per heavy atom. The zero-order chi connectivity index (χ0) is 14.0. The Bertz CT molecular complexity index is 507. The largest absolute Gasteiger partial charge is 0.388 e. The average molecular weight is 274 g/mol. The number of nitrogens with one attached hydrogen (secondary N) is 2. The van der Waals surface area contributed by atoms with E-state index >= 15 is 0 Å². The molecule has 1 fully saturated rings. The second-order valence-corrected chi connectivity index (χ2v) is 6.05. The predicted molar refractivity (Wildman–Crippen MR) is 77.4 cm³/mol. The van der Waals surface area contributed by atoms with Gasteiger partial charge in [0.15, 0.2) is 0 Å². The van der Waals surface area contributed by atoms with E-state index in [2.05, 4.69) is 10.6 Å². The molecule has 108 valence electrons. The molecule has 1 aromatic rings. The van der Waals surface area contributed by atoms with E-state index in [1.807, 2.05) is 18.2 Å². The molecule has 1 heterocycles. The molecular weight excluding hydrogens is 252 g/mol. The summed E-state index contributed by atoms with van der Waals surface area (Å²) in [6.07, 6.45) is 4.88. The predicted octanol–water partition coefficient (Wildman–Crippen LogP) is 1.71. The van der Waals surface area contributed by atoms with Crippen molar-refractivity contribution in [1.29, 1.82) is 0 Å². The van der Waals surface area contributed by atoms with Gasteiger partial charge in [-0.3, -0.25) is 4.79 Å². The van der Waals surface area contributed by atoms with E-state index < -0.39 is 5.60 Å². The molecule has 4 nitrogen and oxygen atoms in total. The van der Waals surface area contributed by atoms with Crippen LogP contribution in [0.2, 0.25) is 0 Å². The second kappa shape index (κ2) is 5.54. The van der Waals surface area contributed by atoms with Crippen molar-refractivity contribution >= 4 is 5.91 Å². The third-order valence-electron chi connectivity index (χ3n) is 4.46. The van der Waals surface area contributed by atoms with Crippen LogP contribution in [0.1, 0.15) is 53.6 Å². The molecule has 2 aliphatic rings. The van der Waals surface area contributed by atoms with Gasteiger partial charge in [-0.15, -0.1) is 0 Å². The summed E-state index contributed by atoms with van der Waals surface area (Å²) in [5.41, 5.74) is 2.46. The molecule has 0 radical (unpaired) electrons. The van der Waals surface area contributed by atoms with Crippen LogP contribution >= 0.6 is 0 Å². The van der Waals surface area contributed by atoms with Gasteiger partial charge in [0, 0.05) is 25.2 Å². The van der Waals surface area contributed by atoms with E-state index in [0.717, 1.165) is 38.8 Å². The van der Waals surface area contributed by atoms with Crippen LogP contribution in [0.5, 0.6) is 0 Å². The summed E-state index contributed by atoms with van der Waals surface area (Å²) in [6, 6.07) is 5.83. The maximum atomic E-state index is 12.2. The van der Waals surface area contributed by atoms with E-state index in [1.165, 1.54) is 17.5 Å². The van der Waals surface area contributed by atoms with E-state index in [4.69, 9.17) is 0 Å². The highest BCUT2D eigenvalue weighted by Gasteiger charge is 2.29. The van der Waals surface area contributed by atoms with Crippen LogP contribution in [0.15, 0.2) is 18.2 Å². The van der Waals surface area contributed by atoms with Crippen molar-refractivity contribution in [3.63, 3.8) is 0 Å². The topological polar surface area (TPSA) is 61.4 Å². The summed E-state index contributed by atoms with van der Waals surface area (Å²) in [5.74, 6) is -0.0845. The minimum atomic E-state index is -0.702. The van der Waals surface area contributed by atoms with E-state index in [0.29, 0.717) is 12.1 Å². The van der Waals surface area contributed by atoms with Crippen molar-refractivity contribution in [1.82, 2.24) is 10.6 Å². The van der Waals surface area contributed by atoms with Gasteiger partial charge in [0.25, 0.3) is 5.91 Å². The van der Waals surface area contributed by atoms with Gasteiger partial charge in [-0.1, -0.05) is 25.3 Å². The Morgan fingerprint density at radius 2 is 1.95 bits per heavy atom. The number of hydrogen-bond donors (Lipinski definition) is 3. The summed E-state index contributed by atoms with van der Waals surface area (Å²) in [6.45, 7) is 2.08. The normalized spacial score (nSPS) is 20.4. The van der Waals surface area contributed by atoms with E-state index in [9.17, 15) is 9.90 Å². The fourth-order valence-electron chi connectivity index (χ4n) is 3.17. The second-order valence-electron chi connectivity index (χ2n) is 6.05. The van der Waals surface area contributed by atoms with Crippen LogP contribution in [-0.2, 0) is 13.1 Å². The minimum Gasteiger partial charge on any atom is -0.388 e. The Balaban J connectivity index is 1.61. The molecule has 1 amide bonds. The number of fused-ring (bicyclic) bond motifs is 1. The summed E-state index contributed by atoms with van der Waals surface area (Å²) >= 11 is 0. The van der Waals surface area contributed by atoms with Crippen LogP contribution in [0, 0.1) is 0 Å². The number of hydrogen-bond acceptors (Lipinski definition) is 3. The third kappa shape index (κ3) is 2.86. The Hall–Kier alpha value is -1.39. The fourth-order valence-corrected chi connectivity index (χ4v) is 3.17. The lowest BCUT2D eigenvalue weighted by Gasteiger charge is -2.32. The Kier molecular flexibility index (Phi) is 3.76. The average Bonchev–Trinajstić information content (AvgIpc) is 2.93. The molecule has 4 heteroatoms. The first-order chi connectivity index (χ1) is 9.66. The van der Waals surface area contributed by atoms with Gasteiger partial charge in [0.1, 0.15) is 0 Å². The smallest absolute Gasteiger partial charge is 0.251 e. The molecule has 0 atom stereocenters. The summed E-state index contributed by atoms with van der Waals surface area (Å²) in [5, 5.41) is 16.6. The quantitative estimate of drug-likeness (QED) is 0.786. The highest BCUT2D eigenvalue weighted by atomic mass is 16.3. The minimum absolute atomic E-state index is 0.0845. The third-order valence-corrected chi connectivity index (χ3v) is 4.46. The molecule has 0 spiro atoms. The molecule has 0 aromatic heterocycles. The molecule has 20 heavy (non-hydrogen) atoms. The molecule has 0 bridgehead atoms. The molecule has 1 saturated carbocycles. The van der Waals surface area contributed by atoms with Crippen molar-refractivity contribution in [2.24, 2.45) is 0 Å². The number of rotatable bonds is 3. The van der Waals surface area contributed by atoms with Crippen LogP contribution in [0.4, 0.5) is 0 Å². The summed E-state index contributed by atoms with van der Waals surface area (Å²) < 4.78 is 0. The zero-order valence-corrected chi connectivity index (χ0v) is 11.7. The van der Waals surface area contributed by atoms with Crippen LogP contribution in [0.25, 0.3) is 0 Å². The molecule has 3 N–H and O–H groups in total. The standard InChI is InChI=1S/C16H22N2O2/c19-15(18-11-16(20)6-2-1-3-7-16)12-4-5-13-9-17-10-14(13)8-12/h4-5,8,17,20H,1-3,6-7,9-11H2,(H,18,19). The molecular formula is C16H22N2O2. The van der Waals surface area contributed by atoms with Gasteiger partial charge in [0.2, 0.25) is 0 Å². The first kappa shape index (κ1) is 13.6. The van der Waals surface area contributed by atoms with Crippen molar-refractivity contribution in [3.05, 3.63) is 34.9 Å². The maximum absolute atomic E-state index is 12.2. The van der Waals surface area contributed by atoms with Crippen LogP contribution < -0.4 is 10.6 Å². The van der Waals surface area contributed by atoms with Gasteiger partial charge in [-0.05, 0) is 36.1 Å². The maximum Gasteiger partial charge on any atom is 0.251 e. The Morgan fingerprint density at radius 1 is 1.20 bits per heavy atom. The van der Waals surface area contributed by atoms with Crippen molar-refractivity contribution in [2.75, 3.05) is 6.54 Å². The monoisotopic (exact) mass is 274 g/mol. The highest BCUT2D eigenvalue weighted by Crippen LogP contribution is 2.27. The van der Waals surface area contributed by atoms with Gasteiger partial charge in [-0.25, -0.2) is 0 Å². The van der Waals surface area contributed by atoms with Gasteiger partial charge < -0.3 is 15.7 Å². The number of carbonyl (C=O) groups excluding carboxylic acids is 1. The van der Waals surface area contributed by atoms with Crippen LogP contribution in [0.3, 0.4) is 0 Å². The number of carbonyl (C=O) groups is 1. The zero-order valence-electron chi connectivity index (χ0n) is 11.7. The number of aliphatic hydroxyl groups is 1. The van der Waals surface area contributed by atoms with Gasteiger partial charge >= 0.3 is 0 Å². The van der Waals surface area contributed by atoms with E-state index in [-0.39, 0.29) is 5.91 Å². The van der Waals surface area contributed by atoms with E-state index in [1.54, 1.807) is 0 Å².